The molecule has 1 N–H and O–H groups in total. The van der Waals surface area contributed by atoms with Crippen LogP contribution in [0.2, 0.25) is 0 Å². The van der Waals surface area contributed by atoms with Crippen LogP contribution in [0.1, 0.15) is 16.2 Å². The van der Waals surface area contributed by atoms with E-state index in [1.54, 1.807) is 12.1 Å². The minimum atomic E-state index is -0.305. The number of para-hydroxylation sites is 1. The third-order valence-electron chi connectivity index (χ3n) is 4.47. The van der Waals surface area contributed by atoms with Gasteiger partial charge in [-0.25, -0.2) is 0 Å². The lowest BCUT2D eigenvalue weighted by atomic mass is 10.1. The van der Waals surface area contributed by atoms with Gasteiger partial charge in [0.2, 0.25) is 0 Å². The predicted octanol–water partition coefficient (Wildman–Crippen LogP) is 3.79. The highest BCUT2D eigenvalue weighted by atomic mass is 16.6. The van der Waals surface area contributed by atoms with Crippen molar-refractivity contribution in [3.8, 4) is 22.8 Å². The van der Waals surface area contributed by atoms with Crippen LogP contribution in [0.15, 0.2) is 63.5 Å². The van der Waals surface area contributed by atoms with E-state index in [4.69, 9.17) is 18.4 Å². The van der Waals surface area contributed by atoms with Gasteiger partial charge in [-0.3, -0.25) is 4.79 Å². The number of nitrogens with one attached hydrogen (secondary N) is 1. The van der Waals surface area contributed by atoms with Gasteiger partial charge in [0, 0.05) is 17.0 Å². The van der Waals surface area contributed by atoms with E-state index in [0.717, 1.165) is 10.9 Å². The summed E-state index contributed by atoms with van der Waals surface area (Å²) in [6.45, 7) is 1.29. The first kappa shape index (κ1) is 16.4. The van der Waals surface area contributed by atoms with Gasteiger partial charge < -0.3 is 23.7 Å². The molecule has 0 aliphatic carbocycles. The van der Waals surface area contributed by atoms with E-state index in [1.807, 2.05) is 42.5 Å². The van der Waals surface area contributed by atoms with E-state index in [2.05, 4.69) is 10.5 Å². The smallest absolute Gasteiger partial charge is 0.287 e. The summed E-state index contributed by atoms with van der Waals surface area (Å²) >= 11 is 0. The Morgan fingerprint density at radius 1 is 1.00 bits per heavy atom. The molecule has 28 heavy (non-hydrogen) atoms. The maximum Gasteiger partial charge on any atom is 0.287 e. The fraction of sp³-hybridized carbons (Fsp3) is 0.143. The Morgan fingerprint density at radius 2 is 1.86 bits per heavy atom. The summed E-state index contributed by atoms with van der Waals surface area (Å²) in [6, 6.07) is 16.6. The van der Waals surface area contributed by atoms with Crippen LogP contribution in [-0.2, 0) is 6.54 Å². The summed E-state index contributed by atoms with van der Waals surface area (Å²) < 4.78 is 22.1. The van der Waals surface area contributed by atoms with Crippen LogP contribution in [0.4, 0.5) is 0 Å². The average Bonchev–Trinajstić information content (AvgIpc) is 3.39. The van der Waals surface area contributed by atoms with Gasteiger partial charge in [0.1, 0.15) is 24.5 Å². The van der Waals surface area contributed by atoms with Crippen molar-refractivity contribution in [3.63, 3.8) is 0 Å². The van der Waals surface area contributed by atoms with Gasteiger partial charge in [0.05, 0.1) is 6.54 Å². The molecule has 0 fully saturated rings. The number of furan rings is 1. The number of carbonyl (C=O) groups is 1. The maximum absolute atomic E-state index is 12.3. The van der Waals surface area contributed by atoms with Crippen molar-refractivity contribution < 1.29 is 23.2 Å². The number of nitrogens with zero attached hydrogens (tertiary/aromatic N) is 1. The van der Waals surface area contributed by atoms with Crippen molar-refractivity contribution in [1.82, 2.24) is 10.5 Å². The van der Waals surface area contributed by atoms with Crippen LogP contribution in [-0.4, -0.2) is 24.3 Å². The second kappa shape index (κ2) is 6.77. The molecule has 0 saturated carbocycles. The molecule has 1 aliphatic heterocycles. The third-order valence-corrected chi connectivity index (χ3v) is 4.47. The second-order valence-electron chi connectivity index (χ2n) is 6.37. The largest absolute Gasteiger partial charge is 0.486 e. The number of hydrogen-bond donors (Lipinski definition) is 1. The monoisotopic (exact) mass is 376 g/mol. The Balaban J connectivity index is 1.28. The fourth-order valence-electron chi connectivity index (χ4n) is 3.08. The Kier molecular flexibility index (Phi) is 3.97. The van der Waals surface area contributed by atoms with E-state index >= 15 is 0 Å². The zero-order valence-corrected chi connectivity index (χ0v) is 14.8. The maximum atomic E-state index is 12.3. The van der Waals surface area contributed by atoms with E-state index < -0.39 is 0 Å². The van der Waals surface area contributed by atoms with Crippen LogP contribution in [0.25, 0.3) is 22.3 Å². The Bertz CT molecular complexity index is 1130. The Labute approximate surface area is 159 Å². The number of benzene rings is 2. The molecule has 5 rings (SSSR count). The first-order valence-electron chi connectivity index (χ1n) is 8.89. The van der Waals surface area contributed by atoms with Crippen molar-refractivity contribution in [2.45, 2.75) is 6.54 Å². The van der Waals surface area contributed by atoms with Gasteiger partial charge in [-0.15, -0.1) is 0 Å². The van der Waals surface area contributed by atoms with E-state index in [9.17, 15) is 4.79 Å². The Morgan fingerprint density at radius 3 is 2.75 bits per heavy atom. The molecule has 1 amide bonds. The van der Waals surface area contributed by atoms with Gasteiger partial charge >= 0.3 is 0 Å². The highest BCUT2D eigenvalue weighted by molar-refractivity contribution is 5.96. The number of fused-ring (bicyclic) bond motifs is 2. The van der Waals surface area contributed by atoms with Crippen molar-refractivity contribution in [2.24, 2.45) is 0 Å². The molecular formula is C21H16N2O5. The topological polar surface area (TPSA) is 86.7 Å². The number of ether oxygens (including phenoxy) is 2. The molecule has 0 bridgehead atoms. The summed E-state index contributed by atoms with van der Waals surface area (Å²) in [7, 11) is 0. The normalized spacial score (nSPS) is 12.9. The predicted molar refractivity (Wildman–Crippen MR) is 100 cm³/mol. The molecule has 7 nitrogen and oxygen atoms in total. The lowest BCUT2D eigenvalue weighted by molar-refractivity contribution is 0.0924. The van der Waals surface area contributed by atoms with Gasteiger partial charge in [-0.1, -0.05) is 23.4 Å². The molecular weight excluding hydrogens is 360 g/mol. The first-order valence-corrected chi connectivity index (χ1v) is 8.89. The molecule has 7 heteroatoms. The van der Waals surface area contributed by atoms with E-state index in [1.165, 1.54) is 0 Å². The lowest BCUT2D eigenvalue weighted by Crippen LogP contribution is -2.22. The molecule has 0 atom stereocenters. The van der Waals surface area contributed by atoms with Gasteiger partial charge in [0.15, 0.2) is 23.0 Å². The molecule has 0 spiro atoms. The number of rotatable bonds is 4. The molecule has 0 unspecified atom stereocenters. The SMILES string of the molecule is O=C(NCc1cc(-c2ccc3c(c2)OCCO3)on1)c1cc2ccccc2o1. The highest BCUT2D eigenvalue weighted by Gasteiger charge is 2.16. The number of hydrogen-bond acceptors (Lipinski definition) is 6. The summed E-state index contributed by atoms with van der Waals surface area (Å²) in [6.07, 6.45) is 0. The van der Waals surface area contributed by atoms with Crippen molar-refractivity contribution in [2.75, 3.05) is 13.2 Å². The van der Waals surface area contributed by atoms with Crippen LogP contribution in [0.3, 0.4) is 0 Å². The highest BCUT2D eigenvalue weighted by Crippen LogP contribution is 2.34. The van der Waals surface area contributed by atoms with Crippen molar-refractivity contribution in [1.29, 1.82) is 0 Å². The van der Waals surface area contributed by atoms with Crippen LogP contribution in [0.5, 0.6) is 11.5 Å². The zero-order valence-electron chi connectivity index (χ0n) is 14.8. The van der Waals surface area contributed by atoms with Gasteiger partial charge in [-0.2, -0.15) is 0 Å². The minimum Gasteiger partial charge on any atom is -0.486 e. The number of amides is 1. The molecule has 3 heterocycles. The Hall–Kier alpha value is -3.74. The third kappa shape index (κ3) is 3.07. The minimum absolute atomic E-state index is 0.226. The fourth-order valence-corrected chi connectivity index (χ4v) is 3.08. The number of carbonyl (C=O) groups excluding carboxylic acids is 1. The van der Waals surface area contributed by atoms with E-state index in [-0.39, 0.29) is 18.2 Å². The van der Waals surface area contributed by atoms with Gasteiger partial charge in [-0.05, 0) is 30.3 Å². The van der Waals surface area contributed by atoms with E-state index in [0.29, 0.717) is 41.7 Å². The standard InChI is InChI=1S/C21H16N2O5/c24-21(20-10-13-3-1-2-4-16(13)27-20)22-12-15-11-18(28-23-15)14-5-6-17-19(9-14)26-8-7-25-17/h1-6,9-11H,7-8,12H2,(H,22,24). The van der Waals surface area contributed by atoms with Crippen LogP contribution < -0.4 is 14.8 Å². The molecule has 0 saturated heterocycles. The van der Waals surface area contributed by atoms with Crippen molar-refractivity contribution >= 4 is 16.9 Å². The molecule has 0 radical (unpaired) electrons. The second-order valence-corrected chi connectivity index (χ2v) is 6.37. The quantitative estimate of drug-likeness (QED) is 0.583. The summed E-state index contributed by atoms with van der Waals surface area (Å²) in [5.41, 5.74) is 2.11. The van der Waals surface area contributed by atoms with Crippen LogP contribution in [0, 0.1) is 0 Å². The number of aromatic nitrogens is 1. The average molecular weight is 376 g/mol. The molecule has 2 aromatic carbocycles. The molecule has 4 aromatic rings. The summed E-state index contributed by atoms with van der Waals surface area (Å²) in [5.74, 6) is 1.94. The van der Waals surface area contributed by atoms with Gasteiger partial charge in [0.25, 0.3) is 5.91 Å². The first-order chi connectivity index (χ1) is 13.8. The molecule has 140 valence electrons. The van der Waals surface area contributed by atoms with Crippen LogP contribution >= 0.6 is 0 Å². The van der Waals surface area contributed by atoms with Crippen molar-refractivity contribution in [3.05, 3.63) is 66.1 Å². The molecule has 1 aliphatic rings. The lowest BCUT2D eigenvalue weighted by Gasteiger charge is -2.18. The molecule has 2 aromatic heterocycles. The summed E-state index contributed by atoms with van der Waals surface area (Å²) in [5, 5.41) is 7.70. The zero-order chi connectivity index (χ0) is 18.9. The summed E-state index contributed by atoms with van der Waals surface area (Å²) in [4.78, 5) is 12.3.